The maximum Gasteiger partial charge on any atom is 0.0755 e. The molecule has 0 radical (unpaired) electrons. The van der Waals surface area contributed by atoms with E-state index in [2.05, 4.69) is 47.7 Å². The molecule has 0 atom stereocenters. The van der Waals surface area contributed by atoms with Crippen molar-refractivity contribution in [1.29, 1.82) is 0 Å². The van der Waals surface area contributed by atoms with Crippen LogP contribution >= 0.6 is 0 Å². The Morgan fingerprint density at radius 3 is 1.23 bits per heavy atom. The Bertz CT molecular complexity index is 120. The molecule has 0 aliphatic carbocycles. The summed E-state index contributed by atoms with van der Waals surface area (Å²) < 4.78 is 1.21. The first kappa shape index (κ1) is 15.2. The molecule has 1 nitrogen and oxygen atoms in total. The van der Waals surface area contributed by atoms with Gasteiger partial charge in [0.25, 0.3) is 0 Å². The van der Waals surface area contributed by atoms with E-state index in [0.29, 0.717) is 0 Å². The Morgan fingerprint density at radius 1 is 1.00 bits per heavy atom. The zero-order valence-electron chi connectivity index (χ0n) is 10.6. The van der Waals surface area contributed by atoms with Gasteiger partial charge in [0.15, 0.2) is 0 Å². The van der Waals surface area contributed by atoms with E-state index in [-0.39, 0.29) is 0 Å². The molecule has 0 bridgehead atoms. The summed E-state index contributed by atoms with van der Waals surface area (Å²) in [5.41, 5.74) is 1.38. The number of hydrogen-bond acceptors (Lipinski definition) is 0. The highest BCUT2D eigenvalue weighted by Crippen LogP contribution is 1.97. The lowest BCUT2D eigenvalue weighted by atomic mass is 10.3. The van der Waals surface area contributed by atoms with Gasteiger partial charge < -0.3 is 4.48 Å². The lowest BCUT2D eigenvalue weighted by Crippen LogP contribution is -2.42. The molecule has 80 valence electrons. The Balaban J connectivity index is 0. The molecule has 0 rings (SSSR count). The predicted molar refractivity (Wildman–Crippen MR) is 62.9 cm³/mol. The molecule has 0 aromatic carbocycles. The Morgan fingerprint density at radius 2 is 1.23 bits per heavy atom. The van der Waals surface area contributed by atoms with Crippen molar-refractivity contribution in [2.45, 2.75) is 41.5 Å². The highest BCUT2D eigenvalue weighted by Gasteiger charge is 2.10. The highest BCUT2D eigenvalue weighted by atomic mass is 15.3. The van der Waals surface area contributed by atoms with Crippen molar-refractivity contribution in [2.75, 3.05) is 26.7 Å². The largest absolute Gasteiger partial charge is 0.327 e. The van der Waals surface area contributed by atoms with E-state index in [0.717, 1.165) is 0 Å². The number of allylic oxidation sites excluding steroid dienone is 2. The fraction of sp³-hybridized carbons (Fsp3) is 0.833. The minimum Gasteiger partial charge on any atom is -0.327 e. The van der Waals surface area contributed by atoms with Crippen LogP contribution in [0.4, 0.5) is 0 Å². The van der Waals surface area contributed by atoms with Crippen LogP contribution in [0.15, 0.2) is 11.6 Å². The van der Waals surface area contributed by atoms with Crippen molar-refractivity contribution in [3.63, 3.8) is 0 Å². The molecular formula is C12H28N+. The average molecular weight is 186 g/mol. The Kier molecular flexibility index (Phi) is 9.70. The second-order valence-electron chi connectivity index (χ2n) is 3.93. The van der Waals surface area contributed by atoms with Gasteiger partial charge >= 0.3 is 0 Å². The fourth-order valence-corrected chi connectivity index (χ4v) is 0.671. The second-order valence-corrected chi connectivity index (χ2v) is 3.93. The summed E-state index contributed by atoms with van der Waals surface area (Å²) in [6.07, 6.45) is 2.08. The Hall–Kier alpha value is -0.300. The summed E-state index contributed by atoms with van der Waals surface area (Å²) in [5.74, 6) is 0. The smallest absolute Gasteiger partial charge is 0.0755 e. The average Bonchev–Trinajstić information content (AvgIpc) is 2.17. The topological polar surface area (TPSA) is 0 Å². The van der Waals surface area contributed by atoms with E-state index in [1.54, 1.807) is 0 Å². The standard InChI is InChI=1S/C7H18N.C5H10/c1-5-8(4,6-2)7-3;1-4-5(2)3/h5-7H2,1-4H3;4H,1-3H3/q+1;. The van der Waals surface area contributed by atoms with E-state index in [1.165, 1.54) is 29.7 Å². The van der Waals surface area contributed by atoms with Gasteiger partial charge in [-0.1, -0.05) is 11.6 Å². The molecule has 0 heterocycles. The van der Waals surface area contributed by atoms with Crippen molar-refractivity contribution >= 4 is 0 Å². The van der Waals surface area contributed by atoms with Crippen LogP contribution in [-0.4, -0.2) is 31.2 Å². The highest BCUT2D eigenvalue weighted by molar-refractivity contribution is 4.88. The molecule has 0 aromatic rings. The SMILES string of the molecule is CC=C(C)C.CC[N+](C)(CC)CC. The van der Waals surface area contributed by atoms with Gasteiger partial charge in [-0.2, -0.15) is 0 Å². The summed E-state index contributed by atoms with van der Waals surface area (Å²) in [7, 11) is 2.29. The van der Waals surface area contributed by atoms with Crippen LogP contribution < -0.4 is 0 Å². The molecule has 1 heteroatoms. The van der Waals surface area contributed by atoms with E-state index >= 15 is 0 Å². The molecule has 0 amide bonds. The molecule has 0 aliphatic heterocycles. The van der Waals surface area contributed by atoms with E-state index in [4.69, 9.17) is 0 Å². The number of hydrogen-bond donors (Lipinski definition) is 0. The van der Waals surface area contributed by atoms with Crippen molar-refractivity contribution < 1.29 is 4.48 Å². The van der Waals surface area contributed by atoms with Crippen molar-refractivity contribution in [1.82, 2.24) is 0 Å². The van der Waals surface area contributed by atoms with Gasteiger partial charge in [-0.25, -0.2) is 0 Å². The minimum atomic E-state index is 1.21. The van der Waals surface area contributed by atoms with Crippen LogP contribution in [-0.2, 0) is 0 Å². The van der Waals surface area contributed by atoms with Crippen LogP contribution in [0, 0.1) is 0 Å². The van der Waals surface area contributed by atoms with Gasteiger partial charge in [0.05, 0.1) is 26.7 Å². The van der Waals surface area contributed by atoms with Crippen molar-refractivity contribution in [2.24, 2.45) is 0 Å². The lowest BCUT2D eigenvalue weighted by Gasteiger charge is -2.30. The molecule has 13 heavy (non-hydrogen) atoms. The molecule has 0 N–H and O–H groups in total. The minimum absolute atomic E-state index is 1.21. The van der Waals surface area contributed by atoms with Gasteiger partial charge in [0.2, 0.25) is 0 Å². The summed E-state index contributed by atoms with van der Waals surface area (Å²) in [6, 6.07) is 0. The predicted octanol–water partition coefficient (Wildman–Crippen LogP) is 3.47. The third kappa shape index (κ3) is 9.62. The molecule has 0 aromatic heterocycles. The molecule has 0 saturated heterocycles. The first-order valence-electron chi connectivity index (χ1n) is 5.38. The van der Waals surface area contributed by atoms with E-state index in [1.807, 2.05) is 6.92 Å². The molecule has 0 aliphatic rings. The van der Waals surface area contributed by atoms with Crippen LogP contribution in [0.2, 0.25) is 0 Å². The van der Waals surface area contributed by atoms with Crippen LogP contribution in [0.5, 0.6) is 0 Å². The summed E-state index contributed by atoms with van der Waals surface area (Å²) >= 11 is 0. The molecule has 0 saturated carbocycles. The van der Waals surface area contributed by atoms with E-state index in [9.17, 15) is 0 Å². The fourth-order valence-electron chi connectivity index (χ4n) is 0.671. The van der Waals surface area contributed by atoms with Crippen LogP contribution in [0.1, 0.15) is 41.5 Å². The first-order valence-corrected chi connectivity index (χ1v) is 5.38. The molecular weight excluding hydrogens is 158 g/mol. The van der Waals surface area contributed by atoms with Crippen LogP contribution in [0.25, 0.3) is 0 Å². The third-order valence-corrected chi connectivity index (χ3v) is 2.87. The van der Waals surface area contributed by atoms with Crippen molar-refractivity contribution in [3.8, 4) is 0 Å². The third-order valence-electron chi connectivity index (χ3n) is 2.87. The maximum absolute atomic E-state index is 2.29. The molecule has 0 fully saturated rings. The summed E-state index contributed by atoms with van der Waals surface area (Å²) in [4.78, 5) is 0. The normalized spacial score (nSPS) is 10.1. The first-order chi connectivity index (χ1) is 5.95. The van der Waals surface area contributed by atoms with Gasteiger partial charge in [0, 0.05) is 0 Å². The summed E-state index contributed by atoms with van der Waals surface area (Å²) in [6.45, 7) is 16.7. The molecule has 0 unspecified atom stereocenters. The second kappa shape index (κ2) is 8.31. The van der Waals surface area contributed by atoms with Gasteiger partial charge in [0.1, 0.15) is 0 Å². The zero-order valence-corrected chi connectivity index (χ0v) is 10.6. The summed E-state index contributed by atoms with van der Waals surface area (Å²) in [5, 5.41) is 0. The van der Waals surface area contributed by atoms with Gasteiger partial charge in [-0.05, 0) is 41.5 Å². The van der Waals surface area contributed by atoms with Crippen LogP contribution in [0.3, 0.4) is 0 Å². The number of nitrogens with zero attached hydrogens (tertiary/aromatic N) is 1. The Labute approximate surface area is 85.0 Å². The van der Waals surface area contributed by atoms with E-state index < -0.39 is 0 Å². The maximum atomic E-state index is 2.29. The zero-order chi connectivity index (χ0) is 10.9. The quantitative estimate of drug-likeness (QED) is 0.468. The van der Waals surface area contributed by atoms with Crippen molar-refractivity contribution in [3.05, 3.63) is 11.6 Å². The van der Waals surface area contributed by atoms with Gasteiger partial charge in [-0.15, -0.1) is 0 Å². The number of rotatable bonds is 3. The monoisotopic (exact) mass is 186 g/mol. The number of quaternary nitrogens is 1. The molecule has 0 spiro atoms. The van der Waals surface area contributed by atoms with Gasteiger partial charge in [-0.3, -0.25) is 0 Å². The lowest BCUT2D eigenvalue weighted by molar-refractivity contribution is -0.904.